The number of methoxy groups -OCH3 is 1. The zero-order valence-electron chi connectivity index (χ0n) is 11.8. The number of benzene rings is 1. The SMILES string of the molecule is COC1CCC(NC(=O)CCOc2ccccc2N)C1. The number of carbonyl (C=O) groups excluding carboxylic acids is 1. The van der Waals surface area contributed by atoms with E-state index in [1.54, 1.807) is 19.2 Å². The first-order valence-corrected chi connectivity index (χ1v) is 6.98. The van der Waals surface area contributed by atoms with Crippen LogP contribution in [-0.2, 0) is 9.53 Å². The van der Waals surface area contributed by atoms with E-state index in [4.69, 9.17) is 15.2 Å². The molecule has 5 heteroatoms. The molecule has 1 saturated carbocycles. The molecule has 1 fully saturated rings. The molecule has 0 bridgehead atoms. The summed E-state index contributed by atoms with van der Waals surface area (Å²) in [5, 5.41) is 3.01. The molecule has 0 aromatic heterocycles. The van der Waals surface area contributed by atoms with Crippen LogP contribution >= 0.6 is 0 Å². The fraction of sp³-hybridized carbons (Fsp3) is 0.533. The van der Waals surface area contributed by atoms with Crippen molar-refractivity contribution in [2.45, 2.75) is 37.8 Å². The summed E-state index contributed by atoms with van der Waals surface area (Å²) < 4.78 is 10.8. The van der Waals surface area contributed by atoms with Gasteiger partial charge in [0.25, 0.3) is 0 Å². The second-order valence-electron chi connectivity index (χ2n) is 5.07. The van der Waals surface area contributed by atoms with Gasteiger partial charge >= 0.3 is 0 Å². The first-order valence-electron chi connectivity index (χ1n) is 6.98. The molecule has 5 nitrogen and oxygen atoms in total. The molecule has 3 N–H and O–H groups in total. The van der Waals surface area contributed by atoms with E-state index in [1.807, 2.05) is 12.1 Å². The van der Waals surface area contributed by atoms with Gasteiger partial charge in [-0.25, -0.2) is 0 Å². The van der Waals surface area contributed by atoms with Gasteiger partial charge in [0.1, 0.15) is 5.75 Å². The van der Waals surface area contributed by atoms with Gasteiger partial charge < -0.3 is 20.5 Å². The van der Waals surface area contributed by atoms with Gasteiger partial charge in [-0.1, -0.05) is 12.1 Å². The first kappa shape index (κ1) is 14.7. The fourth-order valence-corrected chi connectivity index (χ4v) is 2.45. The Morgan fingerprint density at radius 1 is 1.40 bits per heavy atom. The zero-order valence-corrected chi connectivity index (χ0v) is 11.8. The maximum atomic E-state index is 11.8. The molecule has 1 aromatic carbocycles. The van der Waals surface area contributed by atoms with E-state index >= 15 is 0 Å². The Kier molecular flexibility index (Phi) is 5.24. The van der Waals surface area contributed by atoms with Crippen LogP contribution in [0.15, 0.2) is 24.3 Å². The monoisotopic (exact) mass is 278 g/mol. The van der Waals surface area contributed by atoms with E-state index in [0.29, 0.717) is 24.5 Å². The third-order valence-electron chi connectivity index (χ3n) is 3.59. The van der Waals surface area contributed by atoms with Gasteiger partial charge in [-0.15, -0.1) is 0 Å². The predicted molar refractivity (Wildman–Crippen MR) is 77.5 cm³/mol. The summed E-state index contributed by atoms with van der Waals surface area (Å²) in [5.74, 6) is 0.641. The number of ether oxygens (including phenoxy) is 2. The van der Waals surface area contributed by atoms with Crippen molar-refractivity contribution < 1.29 is 14.3 Å². The number of nitrogen functional groups attached to an aromatic ring is 1. The Bertz CT molecular complexity index is 450. The maximum Gasteiger partial charge on any atom is 0.223 e. The minimum atomic E-state index is 0.0151. The van der Waals surface area contributed by atoms with Gasteiger partial charge in [-0.05, 0) is 31.4 Å². The van der Waals surface area contributed by atoms with Crippen LogP contribution in [0.3, 0.4) is 0 Å². The van der Waals surface area contributed by atoms with Gasteiger partial charge in [0, 0.05) is 13.2 Å². The lowest BCUT2D eigenvalue weighted by molar-refractivity contribution is -0.122. The van der Waals surface area contributed by atoms with E-state index in [2.05, 4.69) is 5.32 Å². The summed E-state index contributed by atoms with van der Waals surface area (Å²) in [5.41, 5.74) is 6.35. The molecule has 0 aliphatic heterocycles. The summed E-state index contributed by atoms with van der Waals surface area (Å²) in [6.45, 7) is 0.334. The zero-order chi connectivity index (χ0) is 14.4. The number of carbonyl (C=O) groups is 1. The molecule has 110 valence electrons. The normalized spacial score (nSPS) is 21.6. The molecule has 2 unspecified atom stereocenters. The van der Waals surface area contributed by atoms with E-state index in [0.717, 1.165) is 19.3 Å². The van der Waals surface area contributed by atoms with Crippen molar-refractivity contribution in [1.29, 1.82) is 0 Å². The van der Waals surface area contributed by atoms with Gasteiger partial charge in [0.2, 0.25) is 5.91 Å². The van der Waals surface area contributed by atoms with Crippen molar-refractivity contribution >= 4 is 11.6 Å². The van der Waals surface area contributed by atoms with Crippen molar-refractivity contribution in [3.63, 3.8) is 0 Å². The van der Waals surface area contributed by atoms with Gasteiger partial charge in [-0.3, -0.25) is 4.79 Å². The third kappa shape index (κ3) is 4.13. The lowest BCUT2D eigenvalue weighted by Crippen LogP contribution is -2.34. The van der Waals surface area contributed by atoms with E-state index in [9.17, 15) is 4.79 Å². The Balaban J connectivity index is 1.67. The Morgan fingerprint density at radius 3 is 2.90 bits per heavy atom. The Hall–Kier alpha value is -1.75. The standard InChI is InChI=1S/C15H22N2O3/c1-19-12-7-6-11(10-12)17-15(18)8-9-20-14-5-3-2-4-13(14)16/h2-5,11-12H,6-10,16H2,1H3,(H,17,18). The summed E-state index contributed by atoms with van der Waals surface area (Å²) in [4.78, 5) is 11.8. The topological polar surface area (TPSA) is 73.6 Å². The van der Waals surface area contributed by atoms with E-state index in [-0.39, 0.29) is 18.1 Å². The van der Waals surface area contributed by atoms with Crippen LogP contribution in [0.4, 0.5) is 5.69 Å². The highest BCUT2D eigenvalue weighted by Gasteiger charge is 2.25. The highest BCUT2D eigenvalue weighted by Crippen LogP contribution is 2.22. The average Bonchev–Trinajstić information content (AvgIpc) is 2.88. The number of para-hydroxylation sites is 2. The number of hydrogen-bond donors (Lipinski definition) is 2. The predicted octanol–water partition coefficient (Wildman–Crippen LogP) is 1.72. The third-order valence-corrected chi connectivity index (χ3v) is 3.59. The number of rotatable bonds is 6. The molecule has 0 heterocycles. The molecule has 20 heavy (non-hydrogen) atoms. The van der Waals surface area contributed by atoms with Crippen LogP contribution in [0.25, 0.3) is 0 Å². The smallest absolute Gasteiger partial charge is 0.223 e. The molecule has 1 aliphatic carbocycles. The number of anilines is 1. The molecular weight excluding hydrogens is 256 g/mol. The van der Waals surface area contributed by atoms with Crippen LogP contribution in [0.1, 0.15) is 25.7 Å². The van der Waals surface area contributed by atoms with Crippen molar-refractivity contribution in [1.82, 2.24) is 5.32 Å². The van der Waals surface area contributed by atoms with Gasteiger partial charge in [-0.2, -0.15) is 0 Å². The molecule has 1 amide bonds. The fourth-order valence-electron chi connectivity index (χ4n) is 2.45. The minimum absolute atomic E-state index is 0.0151. The maximum absolute atomic E-state index is 11.8. The largest absolute Gasteiger partial charge is 0.491 e. The molecule has 2 atom stereocenters. The Morgan fingerprint density at radius 2 is 2.20 bits per heavy atom. The molecular formula is C15H22N2O3. The van der Waals surface area contributed by atoms with Crippen LogP contribution < -0.4 is 15.8 Å². The van der Waals surface area contributed by atoms with Crippen LogP contribution in [0, 0.1) is 0 Å². The summed E-state index contributed by atoms with van der Waals surface area (Å²) in [7, 11) is 1.72. The van der Waals surface area contributed by atoms with Crippen molar-refractivity contribution in [3.05, 3.63) is 24.3 Å². The quantitative estimate of drug-likeness (QED) is 0.777. The number of nitrogens with one attached hydrogen (secondary N) is 1. The van der Waals surface area contributed by atoms with Crippen LogP contribution in [-0.4, -0.2) is 31.8 Å². The van der Waals surface area contributed by atoms with Crippen molar-refractivity contribution in [3.8, 4) is 5.75 Å². The van der Waals surface area contributed by atoms with Gasteiger partial charge in [0.15, 0.2) is 0 Å². The summed E-state index contributed by atoms with van der Waals surface area (Å²) in [6, 6.07) is 7.51. The summed E-state index contributed by atoms with van der Waals surface area (Å²) >= 11 is 0. The van der Waals surface area contributed by atoms with Gasteiger partial charge in [0.05, 0.1) is 24.8 Å². The molecule has 0 spiro atoms. The number of amides is 1. The lowest BCUT2D eigenvalue weighted by Gasteiger charge is -2.13. The van der Waals surface area contributed by atoms with E-state index < -0.39 is 0 Å². The van der Waals surface area contributed by atoms with Crippen molar-refractivity contribution in [2.75, 3.05) is 19.5 Å². The molecule has 0 radical (unpaired) electrons. The van der Waals surface area contributed by atoms with E-state index in [1.165, 1.54) is 0 Å². The Labute approximate surface area is 119 Å². The van der Waals surface area contributed by atoms with Crippen LogP contribution in [0.5, 0.6) is 5.75 Å². The summed E-state index contributed by atoms with van der Waals surface area (Å²) in [6.07, 6.45) is 3.51. The molecule has 1 aromatic rings. The highest BCUT2D eigenvalue weighted by molar-refractivity contribution is 5.76. The van der Waals surface area contributed by atoms with Crippen LogP contribution in [0.2, 0.25) is 0 Å². The number of hydrogen-bond acceptors (Lipinski definition) is 4. The average molecular weight is 278 g/mol. The van der Waals surface area contributed by atoms with Crippen molar-refractivity contribution in [2.24, 2.45) is 0 Å². The first-order chi connectivity index (χ1) is 9.69. The minimum Gasteiger partial charge on any atom is -0.491 e. The second kappa shape index (κ2) is 7.14. The highest BCUT2D eigenvalue weighted by atomic mass is 16.5. The molecule has 2 rings (SSSR count). The molecule has 0 saturated heterocycles. The molecule has 1 aliphatic rings. The number of nitrogens with two attached hydrogens (primary N) is 1. The lowest BCUT2D eigenvalue weighted by atomic mass is 10.2. The second-order valence-corrected chi connectivity index (χ2v) is 5.07.